The van der Waals surface area contributed by atoms with Gasteiger partial charge in [-0.25, -0.2) is 18.7 Å². The van der Waals surface area contributed by atoms with Crippen LogP contribution in [0.1, 0.15) is 0 Å². The number of hydrogen-bond donors (Lipinski definition) is 1. The molecule has 8 heteroatoms. The number of hydrogen-bond acceptors (Lipinski definition) is 5. The van der Waals surface area contributed by atoms with Crippen molar-refractivity contribution in [1.82, 2.24) is 9.97 Å². The quantitative estimate of drug-likeness (QED) is 0.591. The molecule has 0 saturated heterocycles. The Morgan fingerprint density at radius 3 is 2.64 bits per heavy atom. The van der Waals surface area contributed by atoms with E-state index < -0.39 is 16.6 Å². The van der Waals surface area contributed by atoms with Gasteiger partial charge in [-0.2, -0.15) is 0 Å². The topological polar surface area (TPSA) is 81.0 Å². The van der Waals surface area contributed by atoms with Gasteiger partial charge in [0.15, 0.2) is 0 Å². The first-order valence-corrected chi connectivity index (χ1v) is 6.16. The first-order valence-electron chi connectivity index (χ1n) is 6.16. The van der Waals surface area contributed by atoms with Crippen molar-refractivity contribution in [2.45, 2.75) is 0 Å². The summed E-state index contributed by atoms with van der Waals surface area (Å²) in [5.41, 5.74) is 0.277. The number of nitro groups is 1. The molecule has 1 heterocycles. The second-order valence-corrected chi connectivity index (χ2v) is 4.43. The van der Waals surface area contributed by atoms with Crippen LogP contribution in [0.15, 0.2) is 42.7 Å². The molecular formula is C14H8F2N4O2. The van der Waals surface area contributed by atoms with Crippen molar-refractivity contribution in [1.29, 1.82) is 0 Å². The summed E-state index contributed by atoms with van der Waals surface area (Å²) >= 11 is 0. The lowest BCUT2D eigenvalue weighted by Crippen LogP contribution is -1.99. The Morgan fingerprint density at radius 2 is 1.91 bits per heavy atom. The smallest absolute Gasteiger partial charge is 0.271 e. The van der Waals surface area contributed by atoms with Crippen LogP contribution in [0.3, 0.4) is 0 Å². The van der Waals surface area contributed by atoms with Gasteiger partial charge in [0.25, 0.3) is 5.69 Å². The Kier molecular flexibility index (Phi) is 3.34. The van der Waals surface area contributed by atoms with Crippen molar-refractivity contribution >= 4 is 28.1 Å². The number of non-ortho nitro benzene ring substituents is 1. The summed E-state index contributed by atoms with van der Waals surface area (Å²) in [4.78, 5) is 18.2. The molecule has 3 rings (SSSR count). The van der Waals surface area contributed by atoms with Gasteiger partial charge >= 0.3 is 0 Å². The molecule has 0 bridgehead atoms. The summed E-state index contributed by atoms with van der Waals surface area (Å²) in [7, 11) is 0. The number of aromatic nitrogens is 2. The highest BCUT2D eigenvalue weighted by Crippen LogP contribution is 2.27. The highest BCUT2D eigenvalue weighted by molar-refractivity contribution is 5.91. The number of benzene rings is 2. The monoisotopic (exact) mass is 302 g/mol. The number of nitrogens with zero attached hydrogens (tertiary/aromatic N) is 3. The average Bonchev–Trinajstić information content (AvgIpc) is 2.49. The van der Waals surface area contributed by atoms with E-state index in [4.69, 9.17) is 0 Å². The summed E-state index contributed by atoms with van der Waals surface area (Å²) in [6.45, 7) is 0. The molecule has 1 N–H and O–H groups in total. The fourth-order valence-electron chi connectivity index (χ4n) is 1.98. The number of nitrogens with one attached hydrogen (secondary N) is 1. The summed E-state index contributed by atoms with van der Waals surface area (Å²) in [6, 6.07) is 7.17. The summed E-state index contributed by atoms with van der Waals surface area (Å²) in [5, 5.41) is 14.0. The summed E-state index contributed by atoms with van der Waals surface area (Å²) < 4.78 is 26.6. The molecule has 2 aromatic carbocycles. The van der Waals surface area contributed by atoms with Crippen LogP contribution in [-0.2, 0) is 0 Å². The van der Waals surface area contributed by atoms with E-state index in [-0.39, 0.29) is 17.2 Å². The highest BCUT2D eigenvalue weighted by atomic mass is 19.1. The maximum absolute atomic E-state index is 13.7. The van der Waals surface area contributed by atoms with Gasteiger partial charge in [0.05, 0.1) is 16.1 Å². The summed E-state index contributed by atoms with van der Waals surface area (Å²) in [6.07, 6.45) is 1.20. The normalized spacial score (nSPS) is 10.6. The number of fused-ring (bicyclic) bond motifs is 1. The van der Waals surface area contributed by atoms with E-state index >= 15 is 0 Å². The predicted molar refractivity (Wildman–Crippen MR) is 75.8 cm³/mol. The van der Waals surface area contributed by atoms with Crippen LogP contribution in [0, 0.1) is 21.7 Å². The zero-order chi connectivity index (χ0) is 15.7. The van der Waals surface area contributed by atoms with Crippen molar-refractivity contribution in [3.8, 4) is 0 Å². The predicted octanol–water partition coefficient (Wildman–Crippen LogP) is 3.56. The molecule has 0 unspecified atom stereocenters. The van der Waals surface area contributed by atoms with Crippen LogP contribution in [-0.4, -0.2) is 14.9 Å². The molecule has 22 heavy (non-hydrogen) atoms. The molecule has 3 aromatic rings. The molecule has 0 aliphatic rings. The molecule has 0 saturated carbocycles. The molecule has 0 spiro atoms. The first kappa shape index (κ1) is 13.8. The van der Waals surface area contributed by atoms with Crippen molar-refractivity contribution in [2.75, 3.05) is 5.32 Å². The maximum atomic E-state index is 13.7. The molecule has 0 aliphatic carbocycles. The third kappa shape index (κ3) is 2.53. The first-order chi connectivity index (χ1) is 10.5. The van der Waals surface area contributed by atoms with Gasteiger partial charge < -0.3 is 5.32 Å². The van der Waals surface area contributed by atoms with Gasteiger partial charge in [-0.3, -0.25) is 10.1 Å². The Hall–Kier alpha value is -3.16. The van der Waals surface area contributed by atoms with Crippen LogP contribution in [0.5, 0.6) is 0 Å². The Labute approximate surface area is 122 Å². The zero-order valence-electron chi connectivity index (χ0n) is 11.0. The maximum Gasteiger partial charge on any atom is 0.271 e. The Morgan fingerprint density at radius 1 is 1.09 bits per heavy atom. The van der Waals surface area contributed by atoms with Crippen LogP contribution in [0.4, 0.5) is 26.0 Å². The van der Waals surface area contributed by atoms with E-state index in [1.807, 2.05) is 0 Å². The average molecular weight is 302 g/mol. The van der Waals surface area contributed by atoms with Crippen molar-refractivity contribution in [3.05, 3.63) is 64.5 Å². The molecule has 0 atom stereocenters. The van der Waals surface area contributed by atoms with Crippen LogP contribution >= 0.6 is 0 Å². The second-order valence-electron chi connectivity index (χ2n) is 4.43. The molecule has 0 fully saturated rings. The molecule has 110 valence electrons. The minimum absolute atomic E-state index is 0.0414. The lowest BCUT2D eigenvalue weighted by Gasteiger charge is -2.09. The van der Waals surface area contributed by atoms with E-state index in [2.05, 4.69) is 15.3 Å². The zero-order valence-corrected chi connectivity index (χ0v) is 11.0. The minimum atomic E-state index is -0.770. The van der Waals surface area contributed by atoms with E-state index in [1.54, 1.807) is 0 Å². The third-order valence-corrected chi connectivity index (χ3v) is 3.02. The molecule has 0 amide bonds. The molecule has 0 aliphatic heterocycles. The van der Waals surface area contributed by atoms with Crippen LogP contribution in [0.25, 0.3) is 10.9 Å². The Bertz CT molecular complexity index is 886. The second kappa shape index (κ2) is 5.32. The fraction of sp³-hybridized carbons (Fsp3) is 0. The van der Waals surface area contributed by atoms with Crippen LogP contribution < -0.4 is 5.32 Å². The van der Waals surface area contributed by atoms with E-state index in [0.717, 1.165) is 12.1 Å². The van der Waals surface area contributed by atoms with Crippen molar-refractivity contribution < 1.29 is 13.7 Å². The molecule has 0 radical (unpaired) electrons. The standard InChI is InChI=1S/C14H8F2N4O2/c15-8-1-4-12(11(16)5-8)19-14-10-3-2-9(20(21)22)6-13(10)17-7-18-14/h1-7H,(H,17,18,19). The molecule has 1 aromatic heterocycles. The van der Waals surface area contributed by atoms with E-state index in [0.29, 0.717) is 10.9 Å². The Balaban J connectivity index is 2.05. The van der Waals surface area contributed by atoms with Crippen molar-refractivity contribution in [3.63, 3.8) is 0 Å². The highest BCUT2D eigenvalue weighted by Gasteiger charge is 2.11. The van der Waals surface area contributed by atoms with E-state index in [9.17, 15) is 18.9 Å². The number of anilines is 2. The van der Waals surface area contributed by atoms with Gasteiger partial charge in [-0.1, -0.05) is 0 Å². The minimum Gasteiger partial charge on any atom is -0.337 e. The van der Waals surface area contributed by atoms with Gasteiger partial charge in [0, 0.05) is 23.6 Å². The largest absolute Gasteiger partial charge is 0.337 e. The number of rotatable bonds is 3. The third-order valence-electron chi connectivity index (χ3n) is 3.02. The van der Waals surface area contributed by atoms with Gasteiger partial charge in [0.2, 0.25) is 0 Å². The fourth-order valence-corrected chi connectivity index (χ4v) is 1.98. The lowest BCUT2D eigenvalue weighted by molar-refractivity contribution is -0.384. The van der Waals surface area contributed by atoms with Gasteiger partial charge in [-0.15, -0.1) is 0 Å². The number of halogens is 2. The van der Waals surface area contributed by atoms with Crippen LogP contribution in [0.2, 0.25) is 0 Å². The molecular weight excluding hydrogens is 294 g/mol. The van der Waals surface area contributed by atoms with Gasteiger partial charge in [0.1, 0.15) is 23.8 Å². The van der Waals surface area contributed by atoms with E-state index in [1.165, 1.54) is 30.6 Å². The van der Waals surface area contributed by atoms with Crippen molar-refractivity contribution in [2.24, 2.45) is 0 Å². The van der Waals surface area contributed by atoms with Gasteiger partial charge in [-0.05, 0) is 18.2 Å². The SMILES string of the molecule is O=[N+]([O-])c1ccc2c(Nc3ccc(F)cc3F)ncnc2c1. The summed E-state index contributed by atoms with van der Waals surface area (Å²) in [5.74, 6) is -1.19. The lowest BCUT2D eigenvalue weighted by atomic mass is 10.2. The number of nitro benzene ring substituents is 1. The molecule has 6 nitrogen and oxygen atoms in total.